The van der Waals surface area contributed by atoms with Crippen LogP contribution in [0.4, 0.5) is 10.5 Å². The third kappa shape index (κ3) is 7.59. The summed E-state index contributed by atoms with van der Waals surface area (Å²) in [7, 11) is 1.60. The van der Waals surface area contributed by atoms with Crippen molar-refractivity contribution in [3.8, 4) is 16.9 Å². The minimum Gasteiger partial charge on any atom is -0.497 e. The number of ether oxygens (including phenoxy) is 1. The molecule has 5 N–H and O–H groups in total. The second kappa shape index (κ2) is 13.1. The lowest BCUT2D eigenvalue weighted by molar-refractivity contribution is -0.120. The second-order valence-electron chi connectivity index (χ2n) is 10.5. The number of rotatable bonds is 9. The van der Waals surface area contributed by atoms with Gasteiger partial charge in [0.15, 0.2) is 0 Å². The first-order valence-corrected chi connectivity index (χ1v) is 14.5. The summed E-state index contributed by atoms with van der Waals surface area (Å²) in [5.74, 6) is 0.719. The van der Waals surface area contributed by atoms with Gasteiger partial charge in [-0.15, -0.1) is 11.8 Å². The largest absolute Gasteiger partial charge is 0.497 e. The van der Waals surface area contributed by atoms with Crippen LogP contribution in [-0.4, -0.2) is 55.4 Å². The fourth-order valence-electron chi connectivity index (χ4n) is 4.46. The predicted molar refractivity (Wildman–Crippen MR) is 163 cm³/mol. The standard InChI is InChI=1S/C31H37N5O4S/c1-5-33-28(37)24-9-7-6-8-23(24)21-12-10-20(11-13-21)17-36-26-15-14-22(40-4)16-27(26)41-18-25(29(36)38)35-30(39)34-19-31(2,3)32/h6-16,25H,5,17-19,32H2,1-4H3,(H,33,37)(H2,34,35,39)/t25-/m1/s1. The molecular weight excluding hydrogens is 538 g/mol. The van der Waals surface area contributed by atoms with Crippen LogP contribution in [0.15, 0.2) is 71.6 Å². The fourth-order valence-corrected chi connectivity index (χ4v) is 5.55. The molecule has 9 nitrogen and oxygen atoms in total. The summed E-state index contributed by atoms with van der Waals surface area (Å²) < 4.78 is 5.42. The number of benzene rings is 3. The Morgan fingerprint density at radius 3 is 2.49 bits per heavy atom. The van der Waals surface area contributed by atoms with E-state index in [0.29, 0.717) is 30.2 Å². The Morgan fingerprint density at radius 1 is 1.07 bits per heavy atom. The quantitative estimate of drug-likeness (QED) is 0.304. The Hall–Kier alpha value is -4.02. The van der Waals surface area contributed by atoms with Gasteiger partial charge in [-0.25, -0.2) is 4.79 Å². The molecule has 0 bridgehead atoms. The first-order valence-electron chi connectivity index (χ1n) is 13.5. The average Bonchev–Trinajstić information content (AvgIpc) is 3.08. The van der Waals surface area contributed by atoms with Crippen LogP contribution >= 0.6 is 11.8 Å². The minimum atomic E-state index is -0.748. The number of methoxy groups -OCH3 is 1. The number of nitrogens with one attached hydrogen (secondary N) is 3. The lowest BCUT2D eigenvalue weighted by atomic mass is 9.98. The van der Waals surface area contributed by atoms with Crippen molar-refractivity contribution in [3.05, 3.63) is 77.9 Å². The molecule has 0 spiro atoms. The molecular formula is C31H37N5O4S. The van der Waals surface area contributed by atoms with E-state index < -0.39 is 17.6 Å². The van der Waals surface area contributed by atoms with Crippen LogP contribution in [-0.2, 0) is 11.3 Å². The molecule has 216 valence electrons. The molecule has 1 aliphatic rings. The first kappa shape index (κ1) is 30.0. The van der Waals surface area contributed by atoms with Gasteiger partial charge >= 0.3 is 6.03 Å². The molecule has 1 atom stereocenters. The molecule has 0 saturated heterocycles. The van der Waals surface area contributed by atoms with Crippen molar-refractivity contribution >= 4 is 35.3 Å². The summed E-state index contributed by atoms with van der Waals surface area (Å²) >= 11 is 1.49. The summed E-state index contributed by atoms with van der Waals surface area (Å²) in [6.07, 6.45) is 0. The topological polar surface area (TPSA) is 126 Å². The fraction of sp³-hybridized carbons (Fsp3) is 0.323. The highest BCUT2D eigenvalue weighted by Gasteiger charge is 2.32. The van der Waals surface area contributed by atoms with Gasteiger partial charge in [0.2, 0.25) is 0 Å². The van der Waals surface area contributed by atoms with E-state index in [2.05, 4.69) is 16.0 Å². The molecule has 0 fully saturated rings. The van der Waals surface area contributed by atoms with Gasteiger partial charge in [-0.05, 0) is 61.7 Å². The van der Waals surface area contributed by atoms with Gasteiger partial charge in [0.1, 0.15) is 11.8 Å². The van der Waals surface area contributed by atoms with E-state index in [1.54, 1.807) is 12.0 Å². The molecule has 41 heavy (non-hydrogen) atoms. The van der Waals surface area contributed by atoms with Crippen molar-refractivity contribution in [2.75, 3.05) is 30.9 Å². The molecule has 4 amide bonds. The number of anilines is 1. The maximum absolute atomic E-state index is 13.8. The maximum atomic E-state index is 13.8. The van der Waals surface area contributed by atoms with Crippen molar-refractivity contribution in [1.82, 2.24) is 16.0 Å². The van der Waals surface area contributed by atoms with Gasteiger partial charge in [-0.3, -0.25) is 9.59 Å². The summed E-state index contributed by atoms with van der Waals surface area (Å²) in [5.41, 5.74) is 9.41. The second-order valence-corrected chi connectivity index (χ2v) is 11.6. The lowest BCUT2D eigenvalue weighted by Crippen LogP contribution is -2.54. The van der Waals surface area contributed by atoms with Crippen LogP contribution in [0.1, 0.15) is 36.7 Å². The normalized spacial score (nSPS) is 15.0. The molecule has 3 aromatic rings. The van der Waals surface area contributed by atoms with Crippen molar-refractivity contribution in [2.45, 2.75) is 43.8 Å². The van der Waals surface area contributed by atoms with Gasteiger partial charge in [-0.2, -0.15) is 0 Å². The Kier molecular flexibility index (Phi) is 9.57. The Bertz CT molecular complexity index is 1400. The van der Waals surface area contributed by atoms with E-state index in [-0.39, 0.29) is 18.4 Å². The number of fused-ring (bicyclic) bond motifs is 1. The molecule has 1 aliphatic heterocycles. The Labute approximate surface area is 245 Å². The van der Waals surface area contributed by atoms with Crippen LogP contribution in [0.2, 0.25) is 0 Å². The van der Waals surface area contributed by atoms with Gasteiger partial charge in [0, 0.05) is 34.8 Å². The highest BCUT2D eigenvalue weighted by atomic mass is 32.2. The van der Waals surface area contributed by atoms with Crippen molar-refractivity contribution in [3.63, 3.8) is 0 Å². The number of thioether (sulfide) groups is 1. The van der Waals surface area contributed by atoms with E-state index in [1.807, 2.05) is 87.5 Å². The Balaban J connectivity index is 1.60. The third-order valence-corrected chi connectivity index (χ3v) is 7.69. The molecule has 1 heterocycles. The number of hydrogen-bond acceptors (Lipinski definition) is 6. The number of amides is 4. The van der Waals surface area contributed by atoms with Crippen molar-refractivity contribution in [2.24, 2.45) is 5.73 Å². The molecule has 0 unspecified atom stereocenters. The molecule has 0 radical (unpaired) electrons. The lowest BCUT2D eigenvalue weighted by Gasteiger charge is -2.27. The average molecular weight is 576 g/mol. The van der Waals surface area contributed by atoms with Crippen molar-refractivity contribution < 1.29 is 19.1 Å². The number of nitrogens with two attached hydrogens (primary N) is 1. The van der Waals surface area contributed by atoms with Crippen LogP contribution in [0, 0.1) is 0 Å². The number of carbonyl (C=O) groups excluding carboxylic acids is 3. The zero-order chi connectivity index (χ0) is 29.6. The molecule has 4 rings (SSSR count). The summed E-state index contributed by atoms with van der Waals surface area (Å²) in [6.45, 7) is 6.63. The molecule has 0 aliphatic carbocycles. The minimum absolute atomic E-state index is 0.121. The van der Waals surface area contributed by atoms with Gasteiger partial charge in [-0.1, -0.05) is 42.5 Å². The van der Waals surface area contributed by atoms with Gasteiger partial charge in [0.25, 0.3) is 11.8 Å². The first-order chi connectivity index (χ1) is 19.6. The Morgan fingerprint density at radius 2 is 1.80 bits per heavy atom. The van der Waals surface area contributed by atoms with E-state index in [4.69, 9.17) is 10.5 Å². The number of carbonyl (C=O) groups is 3. The number of urea groups is 1. The zero-order valence-electron chi connectivity index (χ0n) is 23.8. The van der Waals surface area contributed by atoms with Crippen LogP contribution in [0.5, 0.6) is 5.75 Å². The van der Waals surface area contributed by atoms with Crippen molar-refractivity contribution in [1.29, 1.82) is 0 Å². The van der Waals surface area contributed by atoms with E-state index in [1.165, 1.54) is 11.8 Å². The summed E-state index contributed by atoms with van der Waals surface area (Å²) in [4.78, 5) is 41.7. The molecule has 10 heteroatoms. The highest BCUT2D eigenvalue weighted by molar-refractivity contribution is 7.99. The van der Waals surface area contributed by atoms with Gasteiger partial charge < -0.3 is 31.3 Å². The van der Waals surface area contributed by atoms with Crippen LogP contribution < -0.4 is 31.3 Å². The molecule has 0 aromatic heterocycles. The summed E-state index contributed by atoms with van der Waals surface area (Å²) in [6, 6.07) is 19.7. The summed E-state index contributed by atoms with van der Waals surface area (Å²) in [5, 5.41) is 8.45. The monoisotopic (exact) mass is 575 g/mol. The van der Waals surface area contributed by atoms with Crippen LogP contribution in [0.3, 0.4) is 0 Å². The van der Waals surface area contributed by atoms with Crippen LogP contribution in [0.25, 0.3) is 11.1 Å². The molecule has 3 aromatic carbocycles. The maximum Gasteiger partial charge on any atom is 0.315 e. The van der Waals surface area contributed by atoms with Gasteiger partial charge in [0.05, 0.1) is 19.3 Å². The number of nitrogens with zero attached hydrogens (tertiary/aromatic N) is 1. The van der Waals surface area contributed by atoms with E-state index in [9.17, 15) is 14.4 Å². The highest BCUT2D eigenvalue weighted by Crippen LogP contribution is 2.38. The zero-order valence-corrected chi connectivity index (χ0v) is 24.6. The smallest absolute Gasteiger partial charge is 0.315 e. The predicted octanol–water partition coefficient (Wildman–Crippen LogP) is 4.16. The number of hydrogen-bond donors (Lipinski definition) is 4. The molecule has 0 saturated carbocycles. The van der Waals surface area contributed by atoms with E-state index in [0.717, 1.165) is 27.3 Å². The third-order valence-electron chi connectivity index (χ3n) is 6.55. The van der Waals surface area contributed by atoms with E-state index >= 15 is 0 Å². The SMILES string of the molecule is CCNC(=O)c1ccccc1-c1ccc(CN2C(=O)[C@H](NC(=O)NCC(C)(C)N)CSc3cc(OC)ccc32)cc1.